The minimum Gasteiger partial charge on any atom is -0.484 e. The van der Waals surface area contributed by atoms with E-state index in [1.54, 1.807) is 12.1 Å². The van der Waals surface area contributed by atoms with Crippen molar-refractivity contribution < 1.29 is 19.4 Å². The number of hydrogen-bond donors (Lipinski definition) is 2. The lowest BCUT2D eigenvalue weighted by Gasteiger charge is -2.33. The molecule has 0 aliphatic heterocycles. The van der Waals surface area contributed by atoms with Gasteiger partial charge < -0.3 is 15.2 Å². The highest BCUT2D eigenvalue weighted by atomic mass is 16.5. The van der Waals surface area contributed by atoms with Crippen molar-refractivity contribution in [3.63, 3.8) is 0 Å². The van der Waals surface area contributed by atoms with Crippen LogP contribution in [-0.2, 0) is 9.59 Å². The van der Waals surface area contributed by atoms with Crippen LogP contribution in [0.2, 0.25) is 0 Å². The maximum atomic E-state index is 11.9. The molecule has 20 heavy (non-hydrogen) atoms. The van der Waals surface area contributed by atoms with E-state index in [9.17, 15) is 14.7 Å². The van der Waals surface area contributed by atoms with Crippen LogP contribution in [0.4, 0.5) is 0 Å². The summed E-state index contributed by atoms with van der Waals surface area (Å²) in [5, 5.41) is 12.0. The van der Waals surface area contributed by atoms with Crippen molar-refractivity contribution in [1.82, 2.24) is 5.32 Å². The number of amides is 1. The fraction of sp³-hybridized carbons (Fsp3) is 0.467. The van der Waals surface area contributed by atoms with Crippen LogP contribution in [0.5, 0.6) is 5.75 Å². The molecule has 1 aliphatic rings. The largest absolute Gasteiger partial charge is 0.484 e. The number of para-hydroxylation sites is 1. The zero-order chi connectivity index (χ0) is 14.4. The second kappa shape index (κ2) is 6.41. The van der Waals surface area contributed by atoms with Crippen LogP contribution in [-0.4, -0.2) is 29.1 Å². The fourth-order valence-corrected chi connectivity index (χ4v) is 2.52. The Labute approximate surface area is 117 Å². The number of aliphatic carboxylic acids is 1. The van der Waals surface area contributed by atoms with Gasteiger partial charge in [-0.15, -0.1) is 0 Å². The molecule has 1 aromatic rings. The molecule has 0 unspecified atom stereocenters. The predicted molar refractivity (Wildman–Crippen MR) is 73.5 cm³/mol. The van der Waals surface area contributed by atoms with Crippen molar-refractivity contribution in [3.8, 4) is 5.75 Å². The maximum absolute atomic E-state index is 11.9. The Balaban J connectivity index is 1.90. The topological polar surface area (TPSA) is 75.6 Å². The Morgan fingerprint density at radius 3 is 2.40 bits per heavy atom. The molecule has 2 N–H and O–H groups in total. The third-order valence-electron chi connectivity index (χ3n) is 3.61. The molecule has 0 atom stereocenters. The van der Waals surface area contributed by atoms with Crippen LogP contribution in [0.1, 0.15) is 32.1 Å². The average Bonchev–Trinajstić information content (AvgIpc) is 2.47. The Hall–Kier alpha value is -2.04. The van der Waals surface area contributed by atoms with Gasteiger partial charge in [0.15, 0.2) is 6.61 Å². The van der Waals surface area contributed by atoms with Gasteiger partial charge in [0.05, 0.1) is 0 Å². The van der Waals surface area contributed by atoms with Crippen LogP contribution in [0, 0.1) is 0 Å². The van der Waals surface area contributed by atoms with Gasteiger partial charge in [0.25, 0.3) is 5.91 Å². The smallest absolute Gasteiger partial charge is 0.329 e. The highest BCUT2D eigenvalue weighted by molar-refractivity contribution is 5.87. The lowest BCUT2D eigenvalue weighted by atomic mass is 9.81. The molecule has 0 radical (unpaired) electrons. The molecule has 0 spiro atoms. The van der Waals surface area contributed by atoms with E-state index in [0.717, 1.165) is 19.3 Å². The van der Waals surface area contributed by atoms with E-state index in [0.29, 0.717) is 18.6 Å². The first-order valence-corrected chi connectivity index (χ1v) is 6.85. The molecular formula is C15H19NO4. The summed E-state index contributed by atoms with van der Waals surface area (Å²) >= 11 is 0. The summed E-state index contributed by atoms with van der Waals surface area (Å²) in [6.07, 6.45) is 3.64. The van der Waals surface area contributed by atoms with Gasteiger partial charge in [-0.3, -0.25) is 4.79 Å². The van der Waals surface area contributed by atoms with Gasteiger partial charge in [0.1, 0.15) is 11.3 Å². The van der Waals surface area contributed by atoms with Crippen LogP contribution in [0.3, 0.4) is 0 Å². The van der Waals surface area contributed by atoms with Gasteiger partial charge in [-0.25, -0.2) is 4.79 Å². The number of ether oxygens (including phenoxy) is 1. The first kappa shape index (κ1) is 14.4. The van der Waals surface area contributed by atoms with Gasteiger partial charge in [0.2, 0.25) is 0 Å². The molecule has 1 fully saturated rings. The number of rotatable bonds is 5. The van der Waals surface area contributed by atoms with Gasteiger partial charge in [-0.05, 0) is 25.0 Å². The quantitative estimate of drug-likeness (QED) is 0.862. The molecule has 2 rings (SSSR count). The van der Waals surface area contributed by atoms with E-state index in [2.05, 4.69) is 5.32 Å². The van der Waals surface area contributed by atoms with Gasteiger partial charge in [-0.1, -0.05) is 37.5 Å². The average molecular weight is 277 g/mol. The molecule has 0 bridgehead atoms. The van der Waals surface area contributed by atoms with Crippen LogP contribution < -0.4 is 10.1 Å². The summed E-state index contributed by atoms with van der Waals surface area (Å²) < 4.78 is 5.33. The number of carbonyl (C=O) groups is 2. The Morgan fingerprint density at radius 2 is 1.80 bits per heavy atom. The predicted octanol–water partition coefficient (Wildman–Crippen LogP) is 1.97. The third-order valence-corrected chi connectivity index (χ3v) is 3.61. The zero-order valence-corrected chi connectivity index (χ0v) is 11.3. The molecule has 1 amide bonds. The van der Waals surface area contributed by atoms with Crippen LogP contribution in [0.15, 0.2) is 30.3 Å². The minimum absolute atomic E-state index is 0.168. The number of hydrogen-bond acceptors (Lipinski definition) is 3. The van der Waals surface area contributed by atoms with E-state index in [4.69, 9.17) is 4.74 Å². The Bertz CT molecular complexity index is 466. The van der Waals surface area contributed by atoms with Gasteiger partial charge in [0, 0.05) is 0 Å². The van der Waals surface area contributed by atoms with E-state index in [1.165, 1.54) is 0 Å². The monoisotopic (exact) mass is 277 g/mol. The zero-order valence-electron chi connectivity index (χ0n) is 11.3. The SMILES string of the molecule is O=C(COc1ccccc1)NC1(C(=O)O)CCCCC1. The van der Waals surface area contributed by atoms with Crippen LogP contribution in [0.25, 0.3) is 0 Å². The molecule has 1 saturated carbocycles. The number of nitrogens with one attached hydrogen (secondary N) is 1. The van der Waals surface area contributed by atoms with Crippen LogP contribution >= 0.6 is 0 Å². The normalized spacial score (nSPS) is 17.2. The molecule has 5 heteroatoms. The molecule has 108 valence electrons. The van der Waals surface area contributed by atoms with Gasteiger partial charge in [-0.2, -0.15) is 0 Å². The van der Waals surface area contributed by atoms with Crippen molar-refractivity contribution >= 4 is 11.9 Å². The fourth-order valence-electron chi connectivity index (χ4n) is 2.52. The highest BCUT2D eigenvalue weighted by Crippen LogP contribution is 2.28. The summed E-state index contributed by atoms with van der Waals surface area (Å²) in [7, 11) is 0. The first-order chi connectivity index (χ1) is 9.62. The maximum Gasteiger partial charge on any atom is 0.329 e. The van der Waals surface area contributed by atoms with Gasteiger partial charge >= 0.3 is 5.97 Å². The molecule has 1 aliphatic carbocycles. The molecule has 0 aromatic heterocycles. The second-order valence-corrected chi connectivity index (χ2v) is 5.10. The lowest BCUT2D eigenvalue weighted by molar-refractivity contribution is -0.149. The first-order valence-electron chi connectivity index (χ1n) is 6.85. The summed E-state index contributed by atoms with van der Waals surface area (Å²) in [6.45, 7) is -0.168. The number of carboxylic acid groups (broad SMARTS) is 1. The third kappa shape index (κ3) is 3.50. The number of benzene rings is 1. The molecule has 0 saturated heterocycles. The Kier molecular flexibility index (Phi) is 4.61. The summed E-state index contributed by atoms with van der Waals surface area (Å²) in [6, 6.07) is 8.98. The Morgan fingerprint density at radius 1 is 1.15 bits per heavy atom. The van der Waals surface area contributed by atoms with Crippen molar-refractivity contribution in [2.75, 3.05) is 6.61 Å². The van der Waals surface area contributed by atoms with E-state index >= 15 is 0 Å². The van der Waals surface area contributed by atoms with Crippen molar-refractivity contribution in [2.45, 2.75) is 37.6 Å². The lowest BCUT2D eigenvalue weighted by Crippen LogP contribution is -2.56. The summed E-state index contributed by atoms with van der Waals surface area (Å²) in [5.41, 5.74) is -1.12. The number of carbonyl (C=O) groups excluding carboxylic acids is 1. The van der Waals surface area contributed by atoms with E-state index in [1.807, 2.05) is 18.2 Å². The molecular weight excluding hydrogens is 258 g/mol. The molecule has 5 nitrogen and oxygen atoms in total. The second-order valence-electron chi connectivity index (χ2n) is 5.10. The van der Waals surface area contributed by atoms with E-state index < -0.39 is 17.4 Å². The van der Waals surface area contributed by atoms with E-state index in [-0.39, 0.29) is 6.61 Å². The standard InChI is InChI=1S/C15H19NO4/c17-13(11-20-12-7-3-1-4-8-12)16-15(14(18)19)9-5-2-6-10-15/h1,3-4,7-8H,2,5-6,9-11H2,(H,16,17)(H,18,19). The van der Waals surface area contributed by atoms with Crippen molar-refractivity contribution in [1.29, 1.82) is 0 Å². The molecule has 1 aromatic carbocycles. The van der Waals surface area contributed by atoms with Crippen molar-refractivity contribution in [2.24, 2.45) is 0 Å². The summed E-state index contributed by atoms with van der Waals surface area (Å²) in [5.74, 6) is -0.751. The molecule has 0 heterocycles. The minimum atomic E-state index is -1.12. The number of carboxylic acids is 1. The summed E-state index contributed by atoms with van der Waals surface area (Å²) in [4.78, 5) is 23.3. The van der Waals surface area contributed by atoms with Crippen molar-refractivity contribution in [3.05, 3.63) is 30.3 Å². The highest BCUT2D eigenvalue weighted by Gasteiger charge is 2.40.